The molecular formula is C24H27ClN4O3. The number of hydrogen-bond donors (Lipinski definition) is 1. The van der Waals surface area contributed by atoms with Crippen LogP contribution in [0.3, 0.4) is 0 Å². The van der Waals surface area contributed by atoms with Crippen LogP contribution in [0.1, 0.15) is 24.2 Å². The van der Waals surface area contributed by atoms with Gasteiger partial charge in [-0.1, -0.05) is 23.7 Å². The molecule has 0 spiro atoms. The fraction of sp³-hybridized carbons (Fsp3) is 0.375. The summed E-state index contributed by atoms with van der Waals surface area (Å²) in [6.45, 7) is 3.57. The van der Waals surface area contributed by atoms with Gasteiger partial charge in [0.2, 0.25) is 5.91 Å². The lowest BCUT2D eigenvalue weighted by atomic mass is 10.1. The van der Waals surface area contributed by atoms with Crippen LogP contribution in [0.5, 0.6) is 5.75 Å². The summed E-state index contributed by atoms with van der Waals surface area (Å²) >= 11 is 5.99. The van der Waals surface area contributed by atoms with Crippen LogP contribution in [0.4, 0.5) is 0 Å². The van der Waals surface area contributed by atoms with Gasteiger partial charge in [-0.3, -0.25) is 14.5 Å². The molecule has 1 fully saturated rings. The number of halogens is 1. The molecule has 2 aromatic carbocycles. The van der Waals surface area contributed by atoms with Gasteiger partial charge in [-0.2, -0.15) is 0 Å². The molecule has 1 aliphatic rings. The highest BCUT2D eigenvalue weighted by Gasteiger charge is 2.20. The van der Waals surface area contributed by atoms with Crippen molar-refractivity contribution in [1.29, 1.82) is 0 Å². The minimum Gasteiger partial charge on any atom is -0.497 e. The normalized spacial score (nSPS) is 15.0. The molecule has 8 heteroatoms. The molecule has 0 atom stereocenters. The second kappa shape index (κ2) is 10.1. The summed E-state index contributed by atoms with van der Waals surface area (Å²) < 4.78 is 5.18. The molecule has 0 bridgehead atoms. The number of nitrogens with one attached hydrogen (secondary N) is 1. The molecule has 168 valence electrons. The second-order valence-electron chi connectivity index (χ2n) is 8.03. The number of aromatic nitrogens is 2. The zero-order chi connectivity index (χ0) is 22.5. The molecule has 0 aliphatic carbocycles. The first-order valence-electron chi connectivity index (χ1n) is 10.8. The van der Waals surface area contributed by atoms with E-state index in [4.69, 9.17) is 16.3 Å². The summed E-state index contributed by atoms with van der Waals surface area (Å²) in [5, 5.41) is 1.01. The Balaban J connectivity index is 1.32. The Morgan fingerprint density at radius 1 is 1.12 bits per heavy atom. The third kappa shape index (κ3) is 5.47. The third-order valence-electron chi connectivity index (χ3n) is 5.82. The Morgan fingerprint density at radius 2 is 1.94 bits per heavy atom. The minimum absolute atomic E-state index is 0.178. The highest BCUT2D eigenvalue weighted by atomic mass is 35.5. The number of H-pyrrole nitrogens is 1. The lowest BCUT2D eigenvalue weighted by Crippen LogP contribution is -2.35. The SMILES string of the molecule is COc1ccc(CCC(=O)N2CCCN(Cc3nc4ccc(Cl)cc4c(=O)[nH]3)CC2)cc1. The van der Waals surface area contributed by atoms with E-state index in [1.54, 1.807) is 25.3 Å². The molecule has 2 heterocycles. The van der Waals surface area contributed by atoms with Gasteiger partial charge in [-0.15, -0.1) is 0 Å². The zero-order valence-corrected chi connectivity index (χ0v) is 18.9. The Labute approximate surface area is 192 Å². The first-order valence-corrected chi connectivity index (χ1v) is 11.2. The number of benzene rings is 2. The van der Waals surface area contributed by atoms with Crippen LogP contribution in [0.2, 0.25) is 5.02 Å². The molecule has 1 aromatic heterocycles. The molecule has 0 radical (unpaired) electrons. The Hall–Kier alpha value is -2.90. The Morgan fingerprint density at radius 3 is 2.72 bits per heavy atom. The number of amides is 1. The fourth-order valence-electron chi connectivity index (χ4n) is 4.03. The summed E-state index contributed by atoms with van der Waals surface area (Å²) in [6.07, 6.45) is 2.10. The number of ether oxygens (including phenoxy) is 1. The van der Waals surface area contributed by atoms with Crippen LogP contribution in [-0.2, 0) is 17.8 Å². The number of carbonyl (C=O) groups excluding carboxylic acids is 1. The summed E-state index contributed by atoms with van der Waals surface area (Å²) in [6, 6.07) is 13.0. The van der Waals surface area contributed by atoms with Crippen LogP contribution >= 0.6 is 11.6 Å². The van der Waals surface area contributed by atoms with E-state index in [2.05, 4.69) is 14.9 Å². The minimum atomic E-state index is -0.183. The summed E-state index contributed by atoms with van der Waals surface area (Å²) in [7, 11) is 1.64. The lowest BCUT2D eigenvalue weighted by molar-refractivity contribution is -0.131. The number of hydrogen-bond acceptors (Lipinski definition) is 5. The van der Waals surface area contributed by atoms with E-state index < -0.39 is 0 Å². The monoisotopic (exact) mass is 454 g/mol. The largest absolute Gasteiger partial charge is 0.497 e. The van der Waals surface area contributed by atoms with Crippen molar-refractivity contribution < 1.29 is 9.53 Å². The number of carbonyl (C=O) groups is 1. The van der Waals surface area contributed by atoms with Crippen LogP contribution in [0.25, 0.3) is 10.9 Å². The smallest absolute Gasteiger partial charge is 0.258 e. The van der Waals surface area contributed by atoms with Crippen LogP contribution in [0, 0.1) is 0 Å². The van der Waals surface area contributed by atoms with Crippen molar-refractivity contribution in [2.24, 2.45) is 0 Å². The van der Waals surface area contributed by atoms with Gasteiger partial charge in [-0.05, 0) is 48.7 Å². The first-order chi connectivity index (χ1) is 15.5. The van der Waals surface area contributed by atoms with Crippen LogP contribution in [0.15, 0.2) is 47.3 Å². The van der Waals surface area contributed by atoms with E-state index in [-0.39, 0.29) is 11.5 Å². The summed E-state index contributed by atoms with van der Waals surface area (Å²) in [4.78, 5) is 36.8. The average Bonchev–Trinajstić information content (AvgIpc) is 3.04. The van der Waals surface area contributed by atoms with E-state index >= 15 is 0 Å². The Kier molecular flexibility index (Phi) is 7.07. The number of rotatable bonds is 6. The van der Waals surface area contributed by atoms with Crippen molar-refractivity contribution in [2.45, 2.75) is 25.8 Å². The van der Waals surface area contributed by atoms with Crippen molar-refractivity contribution in [1.82, 2.24) is 19.8 Å². The first kappa shape index (κ1) is 22.3. The van der Waals surface area contributed by atoms with E-state index in [1.165, 1.54) is 0 Å². The molecule has 4 rings (SSSR count). The molecule has 0 saturated carbocycles. The molecule has 3 aromatic rings. The number of aromatic amines is 1. The van der Waals surface area contributed by atoms with E-state index in [1.807, 2.05) is 29.2 Å². The number of methoxy groups -OCH3 is 1. The maximum atomic E-state index is 12.7. The van der Waals surface area contributed by atoms with Gasteiger partial charge in [-0.25, -0.2) is 4.98 Å². The van der Waals surface area contributed by atoms with Gasteiger partial charge >= 0.3 is 0 Å². The number of aryl methyl sites for hydroxylation is 1. The predicted octanol–water partition coefficient (Wildman–Crippen LogP) is 3.25. The maximum Gasteiger partial charge on any atom is 0.258 e. The highest BCUT2D eigenvalue weighted by Crippen LogP contribution is 2.16. The molecule has 0 unspecified atom stereocenters. The predicted molar refractivity (Wildman–Crippen MR) is 125 cm³/mol. The molecular weight excluding hydrogens is 428 g/mol. The molecule has 32 heavy (non-hydrogen) atoms. The van der Waals surface area contributed by atoms with Gasteiger partial charge in [0.05, 0.1) is 24.6 Å². The summed E-state index contributed by atoms with van der Waals surface area (Å²) in [5.41, 5.74) is 1.58. The van der Waals surface area contributed by atoms with Gasteiger partial charge in [0.1, 0.15) is 11.6 Å². The van der Waals surface area contributed by atoms with Gasteiger partial charge < -0.3 is 14.6 Å². The molecule has 1 N–H and O–H groups in total. The van der Waals surface area contributed by atoms with Crippen molar-refractivity contribution >= 4 is 28.4 Å². The second-order valence-corrected chi connectivity index (χ2v) is 8.47. The summed E-state index contributed by atoms with van der Waals surface area (Å²) in [5.74, 6) is 1.62. The van der Waals surface area contributed by atoms with E-state index in [0.717, 1.165) is 43.8 Å². The molecule has 7 nitrogen and oxygen atoms in total. The standard InChI is InChI=1S/C24H27ClN4O3/c1-32-19-7-3-17(4-8-19)5-10-23(30)29-12-2-11-28(13-14-29)16-22-26-21-9-6-18(25)15-20(21)24(31)27-22/h3-4,6-9,15H,2,5,10-14,16H2,1H3,(H,26,27,31). The van der Waals surface area contributed by atoms with Gasteiger partial charge in [0, 0.05) is 37.6 Å². The fourth-order valence-corrected chi connectivity index (χ4v) is 4.20. The Bertz CT molecular complexity index is 1150. The van der Waals surface area contributed by atoms with Crippen molar-refractivity contribution in [3.63, 3.8) is 0 Å². The van der Waals surface area contributed by atoms with Crippen LogP contribution < -0.4 is 10.3 Å². The van der Waals surface area contributed by atoms with Crippen molar-refractivity contribution in [3.8, 4) is 5.75 Å². The number of nitrogens with zero attached hydrogens (tertiary/aromatic N) is 3. The molecule has 1 amide bonds. The van der Waals surface area contributed by atoms with Crippen LogP contribution in [-0.4, -0.2) is 59.0 Å². The van der Waals surface area contributed by atoms with E-state index in [9.17, 15) is 9.59 Å². The quantitative estimate of drug-likeness (QED) is 0.618. The number of fused-ring (bicyclic) bond motifs is 1. The molecule has 1 saturated heterocycles. The van der Waals surface area contributed by atoms with Gasteiger partial charge in [0.15, 0.2) is 0 Å². The van der Waals surface area contributed by atoms with Gasteiger partial charge in [0.25, 0.3) is 5.56 Å². The van der Waals surface area contributed by atoms with Crippen molar-refractivity contribution in [2.75, 3.05) is 33.3 Å². The third-order valence-corrected chi connectivity index (χ3v) is 6.05. The topological polar surface area (TPSA) is 78.5 Å². The lowest BCUT2D eigenvalue weighted by Gasteiger charge is -2.22. The molecule has 1 aliphatic heterocycles. The maximum absolute atomic E-state index is 12.7. The highest BCUT2D eigenvalue weighted by molar-refractivity contribution is 6.31. The van der Waals surface area contributed by atoms with Crippen molar-refractivity contribution in [3.05, 3.63) is 69.2 Å². The van der Waals surface area contributed by atoms with E-state index in [0.29, 0.717) is 41.3 Å². The average molecular weight is 455 g/mol. The zero-order valence-electron chi connectivity index (χ0n) is 18.1.